The monoisotopic (exact) mass is 512 g/mol. The Morgan fingerprint density at radius 2 is 1.54 bits per heavy atom. The Bertz CT molecular complexity index is 1340. The van der Waals surface area contributed by atoms with Crippen LogP contribution in [0.15, 0.2) is 83.5 Å². The standard InChI is InChI=1S/C31H33ClN4O/c1-34(2)24-16-12-21(13-17-24)20-23-8-7-10-27-29(23)33-36(31(37)26-9-5-6-11-28(26)32)30(27)22-14-18-25(19-15-22)35(3)4/h5-6,9,11-20,27,30H,7-8,10H2,1-4H3/b23-20-/t27-,30+/m1/s1. The first kappa shape index (κ1) is 25.1. The molecule has 1 saturated carbocycles. The van der Waals surface area contributed by atoms with Crippen molar-refractivity contribution in [3.63, 3.8) is 0 Å². The first-order valence-corrected chi connectivity index (χ1v) is 13.1. The number of rotatable bonds is 5. The van der Waals surface area contributed by atoms with E-state index >= 15 is 0 Å². The summed E-state index contributed by atoms with van der Waals surface area (Å²) >= 11 is 6.45. The molecule has 6 heteroatoms. The number of benzene rings is 3. The third kappa shape index (κ3) is 5.01. The summed E-state index contributed by atoms with van der Waals surface area (Å²) in [6.07, 6.45) is 5.24. The maximum absolute atomic E-state index is 13.8. The van der Waals surface area contributed by atoms with Gasteiger partial charge in [0.2, 0.25) is 0 Å². The van der Waals surface area contributed by atoms with E-state index in [0.29, 0.717) is 10.6 Å². The van der Waals surface area contributed by atoms with Gasteiger partial charge in [-0.1, -0.05) is 48.0 Å². The van der Waals surface area contributed by atoms with Crippen LogP contribution in [-0.4, -0.2) is 44.8 Å². The second-order valence-corrected chi connectivity index (χ2v) is 10.6. The fourth-order valence-corrected chi connectivity index (χ4v) is 5.52. The van der Waals surface area contributed by atoms with E-state index < -0.39 is 0 Å². The zero-order valence-corrected chi connectivity index (χ0v) is 22.6. The number of hydrogen-bond donors (Lipinski definition) is 0. The van der Waals surface area contributed by atoms with E-state index in [1.165, 1.54) is 11.3 Å². The molecule has 1 fully saturated rings. The minimum atomic E-state index is -0.171. The van der Waals surface area contributed by atoms with E-state index in [-0.39, 0.29) is 17.9 Å². The van der Waals surface area contributed by atoms with Gasteiger partial charge in [-0.15, -0.1) is 0 Å². The molecule has 190 valence electrons. The molecule has 0 bridgehead atoms. The number of fused-ring (bicyclic) bond motifs is 1. The van der Waals surface area contributed by atoms with Crippen LogP contribution in [0.4, 0.5) is 11.4 Å². The molecule has 3 aromatic carbocycles. The minimum Gasteiger partial charge on any atom is -0.378 e. The summed E-state index contributed by atoms with van der Waals surface area (Å²) in [7, 11) is 8.15. The van der Waals surface area contributed by atoms with Gasteiger partial charge >= 0.3 is 0 Å². The van der Waals surface area contributed by atoms with Gasteiger partial charge in [0.1, 0.15) is 0 Å². The number of hydrogen-bond acceptors (Lipinski definition) is 4. The highest BCUT2D eigenvalue weighted by molar-refractivity contribution is 6.33. The fourth-order valence-electron chi connectivity index (χ4n) is 5.30. The van der Waals surface area contributed by atoms with Crippen molar-refractivity contribution < 1.29 is 4.79 Å². The zero-order chi connectivity index (χ0) is 26.1. The molecule has 37 heavy (non-hydrogen) atoms. The molecule has 0 aromatic heterocycles. The van der Waals surface area contributed by atoms with Crippen LogP contribution in [0.25, 0.3) is 6.08 Å². The molecule has 0 saturated heterocycles. The maximum Gasteiger partial charge on any atom is 0.276 e. The lowest BCUT2D eigenvalue weighted by Gasteiger charge is -2.30. The van der Waals surface area contributed by atoms with Crippen LogP contribution < -0.4 is 9.80 Å². The van der Waals surface area contributed by atoms with Crippen molar-refractivity contribution in [2.75, 3.05) is 38.0 Å². The number of anilines is 2. The third-order valence-corrected chi connectivity index (χ3v) is 7.64. The van der Waals surface area contributed by atoms with E-state index in [9.17, 15) is 4.79 Å². The Morgan fingerprint density at radius 3 is 2.16 bits per heavy atom. The molecule has 5 nitrogen and oxygen atoms in total. The van der Waals surface area contributed by atoms with E-state index in [4.69, 9.17) is 16.7 Å². The van der Waals surface area contributed by atoms with Gasteiger partial charge in [0.15, 0.2) is 0 Å². The molecule has 1 aliphatic carbocycles. The van der Waals surface area contributed by atoms with Crippen molar-refractivity contribution in [3.05, 3.63) is 100 Å². The molecule has 5 rings (SSSR count). The molecule has 0 spiro atoms. The third-order valence-electron chi connectivity index (χ3n) is 7.32. The average Bonchev–Trinajstić information content (AvgIpc) is 3.29. The molecule has 1 amide bonds. The number of amides is 1. The normalized spacial score (nSPS) is 20.0. The molecule has 0 N–H and O–H groups in total. The molecule has 2 atom stereocenters. The summed E-state index contributed by atoms with van der Waals surface area (Å²) in [5.74, 6) is -0.0263. The van der Waals surface area contributed by atoms with Gasteiger partial charge in [-0.25, -0.2) is 5.01 Å². The van der Waals surface area contributed by atoms with Crippen LogP contribution in [0.2, 0.25) is 5.02 Å². The van der Waals surface area contributed by atoms with Crippen molar-refractivity contribution in [2.45, 2.75) is 25.3 Å². The van der Waals surface area contributed by atoms with Crippen molar-refractivity contribution in [1.29, 1.82) is 0 Å². The number of allylic oxidation sites excluding steroid dienone is 1. The number of carbonyl (C=O) groups is 1. The molecular weight excluding hydrogens is 480 g/mol. The highest BCUT2D eigenvalue weighted by atomic mass is 35.5. The van der Waals surface area contributed by atoms with Crippen LogP contribution in [0.3, 0.4) is 0 Å². The van der Waals surface area contributed by atoms with Gasteiger partial charge in [-0.05, 0) is 78.4 Å². The van der Waals surface area contributed by atoms with Crippen molar-refractivity contribution in [3.8, 4) is 0 Å². The lowest BCUT2D eigenvalue weighted by atomic mass is 9.77. The Hall–Kier alpha value is -3.57. The van der Waals surface area contributed by atoms with Crippen molar-refractivity contribution >= 4 is 40.7 Å². The first-order valence-electron chi connectivity index (χ1n) is 12.8. The topological polar surface area (TPSA) is 39.1 Å². The first-order chi connectivity index (χ1) is 17.8. The highest BCUT2D eigenvalue weighted by Gasteiger charge is 2.44. The highest BCUT2D eigenvalue weighted by Crippen LogP contribution is 2.45. The lowest BCUT2D eigenvalue weighted by Crippen LogP contribution is -2.32. The van der Waals surface area contributed by atoms with Crippen LogP contribution in [-0.2, 0) is 0 Å². The van der Waals surface area contributed by atoms with Gasteiger partial charge in [0.05, 0.1) is 22.3 Å². The smallest absolute Gasteiger partial charge is 0.276 e. The Kier molecular flexibility index (Phi) is 7.07. The molecule has 3 aromatic rings. The second-order valence-electron chi connectivity index (χ2n) is 10.2. The van der Waals surface area contributed by atoms with Crippen LogP contribution in [0.5, 0.6) is 0 Å². The molecule has 1 aliphatic heterocycles. The largest absolute Gasteiger partial charge is 0.378 e. The van der Waals surface area contributed by atoms with E-state index in [1.807, 2.05) is 40.3 Å². The number of nitrogens with zero attached hydrogens (tertiary/aromatic N) is 4. The van der Waals surface area contributed by atoms with Gasteiger partial charge in [0, 0.05) is 45.5 Å². The predicted octanol–water partition coefficient (Wildman–Crippen LogP) is 6.91. The van der Waals surface area contributed by atoms with Gasteiger partial charge in [0.25, 0.3) is 5.91 Å². The molecule has 2 aliphatic rings. The molecule has 0 unspecified atom stereocenters. The molecule has 0 radical (unpaired) electrons. The summed E-state index contributed by atoms with van der Waals surface area (Å²) in [4.78, 5) is 18.0. The van der Waals surface area contributed by atoms with Crippen LogP contribution in [0.1, 0.15) is 46.8 Å². The number of carbonyl (C=O) groups excluding carboxylic acids is 1. The van der Waals surface area contributed by atoms with Crippen LogP contribution in [0, 0.1) is 5.92 Å². The predicted molar refractivity (Wildman–Crippen MR) is 155 cm³/mol. The molecular formula is C31H33ClN4O. The van der Waals surface area contributed by atoms with E-state index in [1.54, 1.807) is 17.1 Å². The average molecular weight is 513 g/mol. The summed E-state index contributed by atoms with van der Waals surface area (Å²) in [6.45, 7) is 0. The summed E-state index contributed by atoms with van der Waals surface area (Å²) in [6, 6.07) is 24.1. The van der Waals surface area contributed by atoms with E-state index in [2.05, 4.69) is 64.4 Å². The maximum atomic E-state index is 13.8. The summed E-state index contributed by atoms with van der Waals surface area (Å²) in [5, 5.41) is 7.15. The van der Waals surface area contributed by atoms with Crippen molar-refractivity contribution in [2.24, 2.45) is 11.0 Å². The Labute approximate surface area is 224 Å². The molecule has 1 heterocycles. The number of halogens is 1. The lowest BCUT2D eigenvalue weighted by molar-refractivity contribution is 0.0681. The SMILES string of the molecule is CN(C)c1ccc(/C=C2/CCC[C@@H]3C2=NN(C(=O)c2ccccc2Cl)[C@H]3c2ccc(N(C)C)cc2)cc1. The quantitative estimate of drug-likeness (QED) is 0.373. The minimum absolute atomic E-state index is 0.137. The van der Waals surface area contributed by atoms with Gasteiger partial charge in [-0.2, -0.15) is 5.10 Å². The van der Waals surface area contributed by atoms with E-state index in [0.717, 1.165) is 41.8 Å². The Morgan fingerprint density at radius 1 is 0.919 bits per heavy atom. The number of hydrazone groups is 1. The zero-order valence-electron chi connectivity index (χ0n) is 21.9. The summed E-state index contributed by atoms with van der Waals surface area (Å²) in [5.41, 5.74) is 7.23. The van der Waals surface area contributed by atoms with Gasteiger partial charge < -0.3 is 9.80 Å². The Balaban J connectivity index is 1.55. The van der Waals surface area contributed by atoms with Gasteiger partial charge in [-0.3, -0.25) is 4.79 Å². The van der Waals surface area contributed by atoms with Crippen LogP contribution >= 0.6 is 11.6 Å². The van der Waals surface area contributed by atoms with Crippen molar-refractivity contribution in [1.82, 2.24) is 5.01 Å². The second kappa shape index (κ2) is 10.4. The summed E-state index contributed by atoms with van der Waals surface area (Å²) < 4.78 is 0. The fraction of sp³-hybridized carbons (Fsp3) is 0.290.